The van der Waals surface area contributed by atoms with Crippen LogP contribution in [0.2, 0.25) is 0 Å². The van der Waals surface area contributed by atoms with E-state index in [4.69, 9.17) is 9.15 Å². The summed E-state index contributed by atoms with van der Waals surface area (Å²) in [6, 6.07) is 15.6. The molecule has 2 N–H and O–H groups in total. The van der Waals surface area contributed by atoms with Crippen molar-refractivity contribution in [1.82, 2.24) is 10.2 Å². The van der Waals surface area contributed by atoms with Gasteiger partial charge in [0.1, 0.15) is 0 Å². The molecule has 0 radical (unpaired) electrons. The summed E-state index contributed by atoms with van der Waals surface area (Å²) in [6.07, 6.45) is 0.376. The highest BCUT2D eigenvalue weighted by molar-refractivity contribution is 6.01. The first-order valence-corrected chi connectivity index (χ1v) is 9.95. The van der Waals surface area contributed by atoms with Crippen LogP contribution in [0.1, 0.15) is 30.1 Å². The molecule has 2 atom stereocenters. The third kappa shape index (κ3) is 4.77. The van der Waals surface area contributed by atoms with Gasteiger partial charge in [-0.15, -0.1) is 5.10 Å². The van der Waals surface area contributed by atoms with Gasteiger partial charge in [0.05, 0.1) is 12.2 Å². The first-order chi connectivity index (χ1) is 14.5. The molecule has 8 heteroatoms. The maximum Gasteiger partial charge on any atom is 0.320 e. The second-order valence-electron chi connectivity index (χ2n) is 7.57. The lowest BCUT2D eigenvalue weighted by molar-refractivity contribution is -0.00521. The summed E-state index contributed by atoms with van der Waals surface area (Å²) < 4.78 is 11.2. The average Bonchev–Trinajstić information content (AvgIpc) is 3.16. The number of aromatic nitrogens is 2. The second-order valence-corrected chi connectivity index (χ2v) is 7.57. The van der Waals surface area contributed by atoms with Crippen molar-refractivity contribution in [1.29, 1.82) is 0 Å². The van der Waals surface area contributed by atoms with Gasteiger partial charge >= 0.3 is 17.8 Å². The number of aryl methyl sites for hydroxylation is 1. The molecular formula is C22H25N5O3. The van der Waals surface area contributed by atoms with Gasteiger partial charge in [0, 0.05) is 30.2 Å². The standard InChI is InChI=1S/C22H25N5O3/c1-14-5-4-6-18(11-14)24-22-26-25-21(30-22)20(28)23-17-7-9-19(10-8-17)27-12-15(2)29-16(3)13-27/h4-11,15-16H,12-13H2,1-3H3,(H,23,28)(H,24,26)/t15-,16+. The summed E-state index contributed by atoms with van der Waals surface area (Å²) in [5.74, 6) is -0.564. The molecule has 156 valence electrons. The number of hydrogen-bond donors (Lipinski definition) is 2. The van der Waals surface area contributed by atoms with Gasteiger partial charge in [0.2, 0.25) is 0 Å². The van der Waals surface area contributed by atoms with Crippen LogP contribution in [-0.2, 0) is 4.74 Å². The number of nitrogens with zero attached hydrogens (tertiary/aromatic N) is 3. The number of morpholine rings is 1. The molecule has 1 saturated heterocycles. The van der Waals surface area contributed by atoms with Gasteiger partial charge in [-0.1, -0.05) is 17.2 Å². The van der Waals surface area contributed by atoms with Crippen LogP contribution in [0.3, 0.4) is 0 Å². The Hall–Kier alpha value is -3.39. The van der Waals surface area contributed by atoms with E-state index >= 15 is 0 Å². The van der Waals surface area contributed by atoms with Crippen molar-refractivity contribution in [2.75, 3.05) is 28.6 Å². The summed E-state index contributed by atoms with van der Waals surface area (Å²) in [7, 11) is 0. The third-order valence-corrected chi connectivity index (χ3v) is 4.80. The summed E-state index contributed by atoms with van der Waals surface area (Å²) in [4.78, 5) is 14.7. The lowest BCUT2D eigenvalue weighted by Crippen LogP contribution is -2.45. The Kier molecular flexibility index (Phi) is 5.67. The van der Waals surface area contributed by atoms with Crippen LogP contribution in [0.5, 0.6) is 0 Å². The summed E-state index contributed by atoms with van der Waals surface area (Å²) in [5.41, 5.74) is 3.66. The van der Waals surface area contributed by atoms with Crippen molar-refractivity contribution in [3.8, 4) is 0 Å². The van der Waals surface area contributed by atoms with Gasteiger partial charge in [0.15, 0.2) is 0 Å². The maximum atomic E-state index is 12.4. The zero-order valence-electron chi connectivity index (χ0n) is 17.3. The van der Waals surface area contributed by atoms with E-state index in [2.05, 4.69) is 39.6 Å². The normalized spacial score (nSPS) is 18.8. The Bertz CT molecular complexity index is 1010. The molecule has 0 spiro atoms. The molecule has 1 aromatic heterocycles. The van der Waals surface area contributed by atoms with E-state index in [1.54, 1.807) is 0 Å². The number of amides is 1. The Labute approximate surface area is 175 Å². The average molecular weight is 407 g/mol. The number of rotatable bonds is 5. The van der Waals surface area contributed by atoms with E-state index in [1.165, 1.54) is 0 Å². The van der Waals surface area contributed by atoms with Gasteiger partial charge in [-0.25, -0.2) is 0 Å². The van der Waals surface area contributed by atoms with Gasteiger partial charge < -0.3 is 24.7 Å². The molecule has 0 unspecified atom stereocenters. The number of carbonyl (C=O) groups excluding carboxylic acids is 1. The van der Waals surface area contributed by atoms with Gasteiger partial charge in [-0.3, -0.25) is 4.79 Å². The molecular weight excluding hydrogens is 382 g/mol. The zero-order valence-corrected chi connectivity index (χ0v) is 17.3. The van der Waals surface area contributed by atoms with Crippen molar-refractivity contribution >= 4 is 29.0 Å². The van der Waals surface area contributed by atoms with E-state index < -0.39 is 5.91 Å². The van der Waals surface area contributed by atoms with Gasteiger partial charge in [-0.2, -0.15) is 0 Å². The first kappa shape index (κ1) is 19.9. The van der Waals surface area contributed by atoms with Crippen molar-refractivity contribution in [2.24, 2.45) is 0 Å². The molecule has 1 fully saturated rings. The van der Waals surface area contributed by atoms with Crippen LogP contribution in [0.4, 0.5) is 23.1 Å². The van der Waals surface area contributed by atoms with E-state index in [0.717, 1.165) is 30.0 Å². The Balaban J connectivity index is 1.37. The lowest BCUT2D eigenvalue weighted by atomic mass is 10.2. The fourth-order valence-corrected chi connectivity index (χ4v) is 3.54. The number of benzene rings is 2. The Morgan fingerprint density at radius 1 is 1.03 bits per heavy atom. The van der Waals surface area contributed by atoms with E-state index in [1.807, 2.05) is 55.5 Å². The SMILES string of the molecule is Cc1cccc(Nc2nnc(C(=O)Nc3ccc(N4C[C@@H](C)O[C@@H](C)C4)cc3)o2)c1. The fraction of sp³-hybridized carbons (Fsp3) is 0.318. The number of ether oxygens (including phenoxy) is 1. The van der Waals surface area contributed by atoms with Gasteiger partial charge in [0.25, 0.3) is 0 Å². The van der Waals surface area contributed by atoms with Crippen molar-refractivity contribution in [3.05, 3.63) is 60.0 Å². The predicted molar refractivity (Wildman–Crippen MR) is 115 cm³/mol. The van der Waals surface area contributed by atoms with E-state index in [9.17, 15) is 4.79 Å². The largest absolute Gasteiger partial charge is 0.399 e. The van der Waals surface area contributed by atoms with Crippen LogP contribution >= 0.6 is 0 Å². The quantitative estimate of drug-likeness (QED) is 0.661. The first-order valence-electron chi connectivity index (χ1n) is 9.95. The maximum absolute atomic E-state index is 12.4. The van der Waals surface area contributed by atoms with Crippen LogP contribution in [0.25, 0.3) is 0 Å². The summed E-state index contributed by atoms with van der Waals surface area (Å²) in [6.45, 7) is 7.82. The molecule has 1 aliphatic rings. The van der Waals surface area contributed by atoms with Crippen LogP contribution in [-0.4, -0.2) is 41.4 Å². The van der Waals surface area contributed by atoms with Crippen molar-refractivity contribution in [3.63, 3.8) is 0 Å². The predicted octanol–water partition coefficient (Wildman–Crippen LogP) is 3.99. The second kappa shape index (κ2) is 8.54. The third-order valence-electron chi connectivity index (χ3n) is 4.80. The topological polar surface area (TPSA) is 92.5 Å². The smallest absolute Gasteiger partial charge is 0.320 e. The van der Waals surface area contributed by atoms with Crippen LogP contribution in [0.15, 0.2) is 52.9 Å². The van der Waals surface area contributed by atoms with Crippen LogP contribution < -0.4 is 15.5 Å². The minimum atomic E-state index is -0.457. The summed E-state index contributed by atoms with van der Waals surface area (Å²) in [5, 5.41) is 13.5. The van der Waals surface area contributed by atoms with E-state index in [0.29, 0.717) is 5.69 Å². The number of carbonyl (C=O) groups is 1. The molecule has 0 bridgehead atoms. The van der Waals surface area contributed by atoms with Crippen LogP contribution in [0, 0.1) is 6.92 Å². The molecule has 1 amide bonds. The molecule has 30 heavy (non-hydrogen) atoms. The minimum absolute atomic E-state index is 0.106. The van der Waals surface area contributed by atoms with E-state index in [-0.39, 0.29) is 24.1 Å². The minimum Gasteiger partial charge on any atom is -0.399 e. The zero-order chi connectivity index (χ0) is 21.1. The Morgan fingerprint density at radius 2 is 1.77 bits per heavy atom. The van der Waals surface area contributed by atoms with Crippen molar-refractivity contribution < 1.29 is 13.9 Å². The molecule has 8 nitrogen and oxygen atoms in total. The molecule has 0 saturated carbocycles. The van der Waals surface area contributed by atoms with Crippen molar-refractivity contribution in [2.45, 2.75) is 33.0 Å². The molecule has 2 aromatic carbocycles. The fourth-order valence-electron chi connectivity index (χ4n) is 3.54. The monoisotopic (exact) mass is 407 g/mol. The summed E-state index contributed by atoms with van der Waals surface area (Å²) >= 11 is 0. The molecule has 4 rings (SSSR count). The molecule has 1 aliphatic heterocycles. The highest BCUT2D eigenvalue weighted by atomic mass is 16.5. The Morgan fingerprint density at radius 3 is 2.47 bits per heavy atom. The highest BCUT2D eigenvalue weighted by Crippen LogP contribution is 2.23. The van der Waals surface area contributed by atoms with Gasteiger partial charge in [-0.05, 0) is 62.7 Å². The molecule has 3 aromatic rings. The highest BCUT2D eigenvalue weighted by Gasteiger charge is 2.22. The number of anilines is 4. The molecule has 0 aliphatic carbocycles. The molecule has 2 heterocycles. The number of nitrogens with one attached hydrogen (secondary N) is 2. The number of hydrogen-bond acceptors (Lipinski definition) is 7. The lowest BCUT2D eigenvalue weighted by Gasteiger charge is -2.36.